The minimum Gasteiger partial charge on any atom is -0.508 e. The Morgan fingerprint density at radius 3 is 2.00 bits per heavy atom. The fraction of sp³-hybridized carbons (Fsp3) is 0. The second-order valence-electron chi connectivity index (χ2n) is 1.75. The normalized spacial score (nSPS) is 9.40. The average Bonchev–Trinajstić information content (AvgIpc) is 1.88. The second kappa shape index (κ2) is 2.99. The van der Waals surface area contributed by atoms with Crippen LogP contribution in [0.5, 0.6) is 5.75 Å². The largest absolute Gasteiger partial charge is 0.508 e. The molecule has 1 aromatic rings. The zero-order chi connectivity index (χ0) is 7.56. The molecule has 0 bridgehead atoms. The predicted octanol–water partition coefficient (Wildman–Crippen LogP) is 2.51. The van der Waals surface area contributed by atoms with E-state index in [9.17, 15) is 0 Å². The molecule has 0 aromatic heterocycles. The summed E-state index contributed by atoms with van der Waals surface area (Å²) in [6.07, 6.45) is 0. The van der Waals surface area contributed by atoms with E-state index in [-0.39, 0.29) is 5.75 Å². The predicted molar refractivity (Wildman–Crippen MR) is 42.3 cm³/mol. The highest BCUT2D eigenvalue weighted by Gasteiger charge is 1.96. The molecule has 0 radical (unpaired) electrons. The van der Waals surface area contributed by atoms with Gasteiger partial charge in [-0.15, -0.1) is 0 Å². The van der Waals surface area contributed by atoms with Gasteiger partial charge in [0.25, 0.3) is 0 Å². The molecule has 1 rings (SSSR count). The number of rotatable bonds is 1. The van der Waals surface area contributed by atoms with Crippen molar-refractivity contribution in [1.29, 1.82) is 0 Å². The van der Waals surface area contributed by atoms with Gasteiger partial charge in [0.15, 0.2) is 0 Å². The lowest BCUT2D eigenvalue weighted by Gasteiger charge is -2.03. The van der Waals surface area contributed by atoms with Crippen LogP contribution in [0.15, 0.2) is 24.3 Å². The molecule has 2 nitrogen and oxygen atoms in total. The van der Waals surface area contributed by atoms with Crippen LogP contribution in [0.2, 0.25) is 0 Å². The van der Waals surface area contributed by atoms with Crippen LogP contribution in [0.1, 0.15) is 0 Å². The Bertz CT molecular complexity index is 209. The van der Waals surface area contributed by atoms with E-state index in [0.29, 0.717) is 5.69 Å². The number of phenolic OH excluding ortho intramolecular Hbond substituents is 1. The van der Waals surface area contributed by atoms with Crippen LogP contribution in [0.3, 0.4) is 0 Å². The highest BCUT2D eigenvalue weighted by atomic mass is 35.5. The number of hydrogen-bond donors (Lipinski definition) is 1. The molecule has 0 spiro atoms. The number of nitrogens with zero attached hydrogens (tertiary/aromatic N) is 1. The number of phenols is 1. The summed E-state index contributed by atoms with van der Waals surface area (Å²) in [6, 6.07) is 6.23. The van der Waals surface area contributed by atoms with Crippen LogP contribution in [0.4, 0.5) is 5.69 Å². The van der Waals surface area contributed by atoms with Gasteiger partial charge in [0.2, 0.25) is 0 Å². The van der Waals surface area contributed by atoms with Gasteiger partial charge in [-0.05, 0) is 24.3 Å². The van der Waals surface area contributed by atoms with Crippen molar-refractivity contribution in [2.24, 2.45) is 0 Å². The van der Waals surface area contributed by atoms with Gasteiger partial charge < -0.3 is 5.11 Å². The Balaban J connectivity index is 2.89. The van der Waals surface area contributed by atoms with Crippen molar-refractivity contribution in [2.75, 3.05) is 3.94 Å². The molecule has 0 fully saturated rings. The maximum atomic E-state index is 8.83. The lowest BCUT2D eigenvalue weighted by atomic mass is 10.3. The molecular weight excluding hydrogens is 173 g/mol. The zero-order valence-electron chi connectivity index (χ0n) is 4.96. The van der Waals surface area contributed by atoms with Crippen LogP contribution in [0, 0.1) is 0 Å². The quantitative estimate of drug-likeness (QED) is 0.667. The Morgan fingerprint density at radius 1 is 1.10 bits per heavy atom. The van der Waals surface area contributed by atoms with Crippen LogP contribution in [0.25, 0.3) is 0 Å². The third-order valence-corrected chi connectivity index (χ3v) is 1.44. The Labute approximate surface area is 68.8 Å². The van der Waals surface area contributed by atoms with E-state index < -0.39 is 0 Å². The molecule has 0 saturated heterocycles. The minimum atomic E-state index is 0.193. The van der Waals surface area contributed by atoms with Gasteiger partial charge in [-0.25, -0.2) is 0 Å². The zero-order valence-corrected chi connectivity index (χ0v) is 6.47. The molecule has 0 aliphatic heterocycles. The standard InChI is InChI=1S/C6H5Cl2NO/c7-9(8)5-1-3-6(10)4-2-5/h1-4,10H. The van der Waals surface area contributed by atoms with E-state index in [1.54, 1.807) is 12.1 Å². The van der Waals surface area contributed by atoms with E-state index in [1.165, 1.54) is 12.1 Å². The maximum Gasteiger partial charge on any atom is 0.115 e. The van der Waals surface area contributed by atoms with Gasteiger partial charge in [-0.3, -0.25) is 0 Å². The van der Waals surface area contributed by atoms with Crippen molar-refractivity contribution >= 4 is 29.2 Å². The molecule has 1 aromatic carbocycles. The van der Waals surface area contributed by atoms with Crippen molar-refractivity contribution in [1.82, 2.24) is 0 Å². The first-order chi connectivity index (χ1) is 4.70. The first-order valence-corrected chi connectivity index (χ1v) is 3.28. The maximum absolute atomic E-state index is 8.83. The summed E-state index contributed by atoms with van der Waals surface area (Å²) < 4.78 is 0.930. The Morgan fingerprint density at radius 2 is 1.60 bits per heavy atom. The molecular formula is C6H5Cl2NO. The third kappa shape index (κ3) is 1.69. The summed E-state index contributed by atoms with van der Waals surface area (Å²) >= 11 is 10.7. The van der Waals surface area contributed by atoms with Crippen LogP contribution >= 0.6 is 23.6 Å². The molecule has 10 heavy (non-hydrogen) atoms. The summed E-state index contributed by atoms with van der Waals surface area (Å²) in [6.45, 7) is 0. The molecule has 0 unspecified atom stereocenters. The lowest BCUT2D eigenvalue weighted by Crippen LogP contribution is -1.89. The summed E-state index contributed by atoms with van der Waals surface area (Å²) in [4.78, 5) is 0. The Kier molecular flexibility index (Phi) is 2.25. The first-order valence-electron chi connectivity index (χ1n) is 2.61. The van der Waals surface area contributed by atoms with Crippen LogP contribution < -0.4 is 3.94 Å². The highest BCUT2D eigenvalue weighted by Crippen LogP contribution is 2.21. The van der Waals surface area contributed by atoms with Crippen LogP contribution in [-0.2, 0) is 0 Å². The molecule has 0 heterocycles. The molecule has 0 amide bonds. The van der Waals surface area contributed by atoms with Gasteiger partial charge in [-0.2, -0.15) is 3.94 Å². The molecule has 54 valence electrons. The van der Waals surface area contributed by atoms with E-state index in [1.807, 2.05) is 0 Å². The lowest BCUT2D eigenvalue weighted by molar-refractivity contribution is 0.475. The van der Waals surface area contributed by atoms with Crippen molar-refractivity contribution in [3.8, 4) is 5.75 Å². The average molecular weight is 178 g/mol. The monoisotopic (exact) mass is 177 g/mol. The molecule has 0 atom stereocenters. The summed E-state index contributed by atoms with van der Waals surface area (Å²) in [5.41, 5.74) is 0.626. The van der Waals surface area contributed by atoms with Crippen molar-refractivity contribution in [2.45, 2.75) is 0 Å². The van der Waals surface area contributed by atoms with Gasteiger partial charge in [0, 0.05) is 23.6 Å². The van der Waals surface area contributed by atoms with Gasteiger partial charge in [0.05, 0.1) is 5.69 Å². The highest BCUT2D eigenvalue weighted by molar-refractivity contribution is 6.49. The van der Waals surface area contributed by atoms with Crippen molar-refractivity contribution in [3.05, 3.63) is 24.3 Å². The fourth-order valence-corrected chi connectivity index (χ4v) is 0.791. The fourth-order valence-electron chi connectivity index (χ4n) is 0.565. The number of hydrogen-bond acceptors (Lipinski definition) is 2. The van der Waals surface area contributed by atoms with E-state index in [4.69, 9.17) is 28.7 Å². The molecule has 0 saturated carbocycles. The molecule has 4 heteroatoms. The van der Waals surface area contributed by atoms with Gasteiger partial charge >= 0.3 is 0 Å². The SMILES string of the molecule is Oc1ccc(N(Cl)Cl)cc1. The second-order valence-corrected chi connectivity index (χ2v) is 2.60. The number of halogens is 2. The third-order valence-electron chi connectivity index (χ3n) is 1.04. The number of benzene rings is 1. The number of aromatic hydroxyl groups is 1. The van der Waals surface area contributed by atoms with E-state index in [2.05, 4.69) is 0 Å². The molecule has 0 aliphatic carbocycles. The molecule has 0 aliphatic rings. The van der Waals surface area contributed by atoms with Gasteiger partial charge in [0.1, 0.15) is 5.75 Å². The first kappa shape index (κ1) is 7.51. The summed E-state index contributed by atoms with van der Waals surface area (Å²) in [5.74, 6) is 0.193. The number of anilines is 1. The smallest absolute Gasteiger partial charge is 0.115 e. The van der Waals surface area contributed by atoms with Gasteiger partial charge in [-0.1, -0.05) is 0 Å². The van der Waals surface area contributed by atoms with Crippen molar-refractivity contribution < 1.29 is 5.11 Å². The Hall–Kier alpha value is -0.600. The van der Waals surface area contributed by atoms with Crippen molar-refractivity contribution in [3.63, 3.8) is 0 Å². The van der Waals surface area contributed by atoms with Crippen LogP contribution in [-0.4, -0.2) is 5.11 Å². The minimum absolute atomic E-state index is 0.193. The van der Waals surface area contributed by atoms with E-state index in [0.717, 1.165) is 3.94 Å². The van der Waals surface area contributed by atoms with E-state index >= 15 is 0 Å². The topological polar surface area (TPSA) is 23.5 Å². The summed E-state index contributed by atoms with van der Waals surface area (Å²) in [5, 5.41) is 8.83. The summed E-state index contributed by atoms with van der Waals surface area (Å²) in [7, 11) is 0. The molecule has 1 N–H and O–H groups in total.